The fourth-order valence-corrected chi connectivity index (χ4v) is 1.13. The van der Waals surface area contributed by atoms with Crippen molar-refractivity contribution >= 4 is 5.91 Å². The van der Waals surface area contributed by atoms with E-state index in [1.807, 2.05) is 0 Å². The Balaban J connectivity index is 2.74. The topological polar surface area (TPSA) is 38.3 Å². The largest absolute Gasteiger partial charge is 0.573 e. The van der Waals surface area contributed by atoms with E-state index >= 15 is 0 Å². The minimum atomic E-state index is -4.89. The van der Waals surface area contributed by atoms with Gasteiger partial charge in [-0.15, -0.1) is 13.2 Å². The summed E-state index contributed by atoms with van der Waals surface area (Å²) >= 11 is 0. The highest BCUT2D eigenvalue weighted by atomic mass is 19.4. The number of halogens is 5. The van der Waals surface area contributed by atoms with Crippen molar-refractivity contribution < 1.29 is 31.5 Å². The predicted octanol–water partition coefficient (Wildman–Crippen LogP) is 2.47. The van der Waals surface area contributed by atoms with E-state index in [9.17, 15) is 26.7 Å². The Bertz CT molecular complexity index is 419. The highest BCUT2D eigenvalue weighted by Gasteiger charge is 2.32. The highest BCUT2D eigenvalue weighted by molar-refractivity contribution is 5.79. The first-order valence-electron chi connectivity index (χ1n) is 4.69. The van der Waals surface area contributed by atoms with Crippen molar-refractivity contribution in [2.75, 3.05) is 0 Å². The molecule has 0 unspecified atom stereocenters. The first-order chi connectivity index (χ1) is 8.29. The molecule has 1 aromatic carbocycles. The standard InChI is InChI=1S/C10H8F5NO2/c11-8(12)9(17)16-5-6-3-1-2-4-7(6)18-10(13,14)15/h1-4,8H,5H2,(H,16,17). The molecule has 0 aromatic heterocycles. The van der Waals surface area contributed by atoms with E-state index < -0.39 is 31.0 Å². The van der Waals surface area contributed by atoms with Gasteiger partial charge >= 0.3 is 12.8 Å². The highest BCUT2D eigenvalue weighted by Crippen LogP contribution is 2.26. The first-order valence-corrected chi connectivity index (χ1v) is 4.69. The van der Waals surface area contributed by atoms with Gasteiger partial charge in [0.15, 0.2) is 0 Å². The van der Waals surface area contributed by atoms with Gasteiger partial charge in [-0.05, 0) is 6.07 Å². The summed E-state index contributed by atoms with van der Waals surface area (Å²) in [7, 11) is 0. The van der Waals surface area contributed by atoms with Crippen LogP contribution in [0.1, 0.15) is 5.56 Å². The summed E-state index contributed by atoms with van der Waals surface area (Å²) in [5.74, 6) is -2.10. The molecular weight excluding hydrogens is 261 g/mol. The van der Waals surface area contributed by atoms with Crippen LogP contribution < -0.4 is 10.1 Å². The monoisotopic (exact) mass is 269 g/mol. The minimum Gasteiger partial charge on any atom is -0.405 e. The molecule has 0 aliphatic carbocycles. The average molecular weight is 269 g/mol. The van der Waals surface area contributed by atoms with Crippen LogP contribution in [0, 0.1) is 0 Å². The van der Waals surface area contributed by atoms with Gasteiger partial charge in [0, 0.05) is 12.1 Å². The molecule has 1 N–H and O–H groups in total. The maximum Gasteiger partial charge on any atom is 0.573 e. The number of nitrogens with one attached hydrogen (secondary N) is 1. The van der Waals surface area contributed by atoms with Crippen LogP contribution in [0.4, 0.5) is 22.0 Å². The molecule has 0 fully saturated rings. The quantitative estimate of drug-likeness (QED) is 0.853. The lowest BCUT2D eigenvalue weighted by Crippen LogP contribution is -2.29. The Hall–Kier alpha value is -1.86. The molecule has 1 amide bonds. The second kappa shape index (κ2) is 5.65. The summed E-state index contributed by atoms with van der Waals surface area (Å²) in [4.78, 5) is 10.6. The Labute approximate surface area is 98.5 Å². The molecule has 0 aliphatic heterocycles. The van der Waals surface area contributed by atoms with Crippen LogP contribution in [0.3, 0.4) is 0 Å². The molecule has 1 aromatic rings. The number of rotatable bonds is 4. The number of para-hydroxylation sites is 1. The zero-order chi connectivity index (χ0) is 13.8. The van der Waals surface area contributed by atoms with Crippen LogP contribution in [0.15, 0.2) is 24.3 Å². The van der Waals surface area contributed by atoms with Gasteiger partial charge in [-0.1, -0.05) is 18.2 Å². The van der Waals surface area contributed by atoms with Crippen molar-refractivity contribution in [2.45, 2.75) is 19.3 Å². The molecule has 0 radical (unpaired) electrons. The Kier molecular flexibility index (Phi) is 4.46. The fourth-order valence-electron chi connectivity index (χ4n) is 1.13. The molecular formula is C10H8F5NO2. The number of amides is 1. The molecule has 0 atom stereocenters. The van der Waals surface area contributed by atoms with Crippen molar-refractivity contribution in [3.8, 4) is 5.75 Å². The van der Waals surface area contributed by atoms with E-state index in [0.29, 0.717) is 0 Å². The fraction of sp³-hybridized carbons (Fsp3) is 0.300. The third-order valence-electron chi connectivity index (χ3n) is 1.85. The smallest absolute Gasteiger partial charge is 0.405 e. The average Bonchev–Trinajstić information content (AvgIpc) is 2.25. The molecule has 0 aliphatic rings. The molecule has 0 saturated heterocycles. The number of alkyl halides is 5. The molecule has 100 valence electrons. The lowest BCUT2D eigenvalue weighted by atomic mass is 10.2. The van der Waals surface area contributed by atoms with E-state index in [1.165, 1.54) is 18.2 Å². The lowest BCUT2D eigenvalue weighted by Gasteiger charge is -2.13. The van der Waals surface area contributed by atoms with Crippen LogP contribution in [0.5, 0.6) is 5.75 Å². The number of carbonyl (C=O) groups excluding carboxylic acids is 1. The van der Waals surface area contributed by atoms with Crippen molar-refractivity contribution in [1.82, 2.24) is 5.32 Å². The summed E-state index contributed by atoms with van der Waals surface area (Å²) in [6, 6.07) is 4.94. The number of hydrogen-bond acceptors (Lipinski definition) is 2. The molecule has 0 saturated carbocycles. The van der Waals surface area contributed by atoms with E-state index in [0.717, 1.165) is 6.07 Å². The van der Waals surface area contributed by atoms with E-state index in [4.69, 9.17) is 0 Å². The van der Waals surface area contributed by atoms with Gasteiger partial charge in [-0.2, -0.15) is 8.78 Å². The number of carbonyl (C=O) groups is 1. The zero-order valence-electron chi connectivity index (χ0n) is 8.80. The molecule has 3 nitrogen and oxygen atoms in total. The molecule has 0 heterocycles. The Morgan fingerprint density at radius 1 is 1.28 bits per heavy atom. The van der Waals surface area contributed by atoms with Gasteiger partial charge in [0.1, 0.15) is 5.75 Å². The van der Waals surface area contributed by atoms with Crippen molar-refractivity contribution in [3.63, 3.8) is 0 Å². The van der Waals surface area contributed by atoms with Gasteiger partial charge in [0.25, 0.3) is 5.91 Å². The van der Waals surface area contributed by atoms with Crippen LogP contribution >= 0.6 is 0 Å². The second-order valence-electron chi connectivity index (χ2n) is 3.17. The van der Waals surface area contributed by atoms with Gasteiger partial charge in [0.05, 0.1) is 0 Å². The normalized spacial score (nSPS) is 11.4. The molecule has 18 heavy (non-hydrogen) atoms. The Morgan fingerprint density at radius 3 is 2.44 bits per heavy atom. The number of ether oxygens (including phenoxy) is 1. The summed E-state index contributed by atoms with van der Waals surface area (Å²) in [6.07, 6.45) is -8.11. The Morgan fingerprint density at radius 2 is 1.89 bits per heavy atom. The van der Waals surface area contributed by atoms with Crippen molar-refractivity contribution in [3.05, 3.63) is 29.8 Å². The van der Waals surface area contributed by atoms with Crippen LogP contribution in [-0.4, -0.2) is 18.7 Å². The van der Waals surface area contributed by atoms with Crippen LogP contribution in [0.2, 0.25) is 0 Å². The third-order valence-corrected chi connectivity index (χ3v) is 1.85. The van der Waals surface area contributed by atoms with Gasteiger partial charge in [0.2, 0.25) is 0 Å². The van der Waals surface area contributed by atoms with E-state index in [2.05, 4.69) is 4.74 Å². The zero-order valence-corrected chi connectivity index (χ0v) is 8.80. The molecule has 8 heteroatoms. The molecule has 1 rings (SSSR count). The minimum absolute atomic E-state index is 0.0520. The second-order valence-corrected chi connectivity index (χ2v) is 3.17. The van der Waals surface area contributed by atoms with Crippen molar-refractivity contribution in [2.24, 2.45) is 0 Å². The third kappa shape index (κ3) is 4.56. The van der Waals surface area contributed by atoms with Gasteiger partial charge < -0.3 is 10.1 Å². The summed E-state index contributed by atoms with van der Waals surface area (Å²) in [6.45, 7) is -0.477. The lowest BCUT2D eigenvalue weighted by molar-refractivity contribution is -0.274. The number of benzene rings is 1. The molecule has 0 bridgehead atoms. The van der Waals surface area contributed by atoms with Crippen LogP contribution in [-0.2, 0) is 11.3 Å². The predicted molar refractivity (Wildman–Crippen MR) is 51.0 cm³/mol. The van der Waals surface area contributed by atoms with E-state index in [1.54, 1.807) is 5.32 Å². The SMILES string of the molecule is O=C(NCc1ccccc1OC(F)(F)F)C(F)F. The number of hydrogen-bond donors (Lipinski definition) is 1. The maximum atomic E-state index is 12.0. The van der Waals surface area contributed by atoms with Gasteiger partial charge in [-0.25, -0.2) is 0 Å². The van der Waals surface area contributed by atoms with E-state index in [-0.39, 0.29) is 5.56 Å². The summed E-state index contributed by atoms with van der Waals surface area (Å²) in [5.41, 5.74) is -0.0520. The maximum absolute atomic E-state index is 12.0. The summed E-state index contributed by atoms with van der Waals surface area (Å²) < 4.78 is 63.5. The first kappa shape index (κ1) is 14.2. The molecule has 0 spiro atoms. The van der Waals surface area contributed by atoms with Crippen molar-refractivity contribution in [1.29, 1.82) is 0 Å². The summed E-state index contributed by atoms with van der Waals surface area (Å²) in [5, 5.41) is 1.79. The van der Waals surface area contributed by atoms with Gasteiger partial charge in [-0.3, -0.25) is 4.79 Å². The van der Waals surface area contributed by atoms with Crippen LogP contribution in [0.25, 0.3) is 0 Å².